The van der Waals surface area contributed by atoms with Crippen molar-refractivity contribution in [1.29, 1.82) is 0 Å². The predicted octanol–water partition coefficient (Wildman–Crippen LogP) is 7.94. The summed E-state index contributed by atoms with van der Waals surface area (Å²) in [7, 11) is 1.56. The van der Waals surface area contributed by atoms with Crippen molar-refractivity contribution in [1.82, 2.24) is 30.6 Å². The van der Waals surface area contributed by atoms with E-state index in [1.807, 2.05) is 0 Å². The van der Waals surface area contributed by atoms with E-state index in [-0.39, 0.29) is 40.2 Å². The molecule has 6 aliphatic rings. The fourth-order valence-electron chi connectivity index (χ4n) is 7.90. The molecule has 10 rings (SSSR count). The number of benzene rings is 2. The molecule has 6 heterocycles. The van der Waals surface area contributed by atoms with E-state index in [0.29, 0.717) is 74.4 Å². The van der Waals surface area contributed by atoms with Crippen molar-refractivity contribution in [2.24, 2.45) is 0 Å². The topological polar surface area (TPSA) is 237 Å². The number of methoxy groups -OCH3 is 1. The lowest BCUT2D eigenvalue weighted by atomic mass is 10.0. The Kier molecular flexibility index (Phi) is 16.7. The molecule has 4 aliphatic heterocycles. The second kappa shape index (κ2) is 22.5. The minimum Gasteiger partial charge on any atom is -0.772 e. The summed E-state index contributed by atoms with van der Waals surface area (Å²) in [5.41, 5.74) is 2.09. The maximum absolute atomic E-state index is 10.5. The van der Waals surface area contributed by atoms with Crippen molar-refractivity contribution in [3.8, 4) is 23.3 Å². The molecule has 65 heavy (non-hydrogen) atoms. The molecule has 0 radical (unpaired) electrons. The van der Waals surface area contributed by atoms with E-state index >= 15 is 0 Å². The van der Waals surface area contributed by atoms with Crippen LogP contribution in [-0.2, 0) is 22.2 Å². The third-order valence-corrected chi connectivity index (χ3v) is 14.1. The standard InChI is InChI=1S/C19H20ClN5O2.C18H18ClN5O2.2C3H6O2S/c1-21-11-5-6-16(15(20)9-11)25-18-17(26-2)19(23-10-22-18)27-14-7-12-3-4-13(8-14)24-12;1-20-10-4-5-15(14(19)8-10)24-17-16(25)18(22-9-21-17)26-13-6-11-2-3-12(7-13)23-11;2*4-6(5)3-1-2-3/h5-6,9-10,12-14,24H,3-4,7-8H2,2H3,(H,22,23,25);4-5,8-9,11-13,23,25H,2-3,6-7H2,(H,21,22,24);2*3H,1-2H2,(H,4,5)/p-2. The molecular formula is C43H48Cl2N10O8S2-2. The average Bonchev–Trinajstić information content (AvgIpc) is 4.24. The summed E-state index contributed by atoms with van der Waals surface area (Å²) in [5.74, 6) is 1.57. The molecule has 6 atom stereocenters. The molecule has 2 aromatic heterocycles. The highest BCUT2D eigenvalue weighted by Crippen LogP contribution is 2.40. The van der Waals surface area contributed by atoms with Gasteiger partial charge in [-0.1, -0.05) is 57.5 Å². The fourth-order valence-corrected chi connectivity index (χ4v) is 9.39. The Hall–Kier alpha value is -4.90. The Balaban J connectivity index is 0.000000154. The minimum atomic E-state index is -1.76. The zero-order valence-corrected chi connectivity index (χ0v) is 38.4. The third kappa shape index (κ3) is 13.6. The number of hydrogen-bond acceptors (Lipinski definition) is 16. The van der Waals surface area contributed by atoms with Crippen molar-refractivity contribution in [3.63, 3.8) is 0 Å². The summed E-state index contributed by atoms with van der Waals surface area (Å²) in [6, 6.07) is 11.9. The number of piperidine rings is 2. The van der Waals surface area contributed by atoms with Crippen molar-refractivity contribution < 1.29 is 36.8 Å². The van der Waals surface area contributed by atoms with Crippen LogP contribution in [0.4, 0.5) is 34.4 Å². The normalized spacial score (nSPS) is 24.4. The van der Waals surface area contributed by atoms with E-state index in [9.17, 15) is 22.6 Å². The van der Waals surface area contributed by atoms with Gasteiger partial charge >= 0.3 is 0 Å². The van der Waals surface area contributed by atoms with Crippen LogP contribution < -0.4 is 35.5 Å². The van der Waals surface area contributed by atoms with E-state index in [0.717, 1.165) is 51.4 Å². The highest BCUT2D eigenvalue weighted by Gasteiger charge is 2.36. The predicted molar refractivity (Wildman–Crippen MR) is 245 cm³/mol. The van der Waals surface area contributed by atoms with Gasteiger partial charge in [-0.3, -0.25) is 8.42 Å². The number of anilines is 4. The SMILES string of the molecule is O=S([O-])C1CC1.O=S([O-])C1CC1.[C-]#[N+]c1ccc(Nc2ncnc(OC3CC4CCC(C3)N4)c2O)c(Cl)c1.[C-]#[N+]c1ccc(Nc2ncnc(OC3CC4CCC(C3)N4)c2OC)c(Cl)c1. The summed E-state index contributed by atoms with van der Waals surface area (Å²) >= 11 is 8.92. The quantitative estimate of drug-likeness (QED) is 0.0708. The Labute approximate surface area is 392 Å². The maximum atomic E-state index is 10.5. The molecule has 22 heteroatoms. The van der Waals surface area contributed by atoms with Crippen molar-refractivity contribution in [2.45, 2.75) is 124 Å². The molecule has 2 aromatic carbocycles. The molecule has 4 aromatic rings. The number of ether oxygens (including phenoxy) is 3. The molecule has 346 valence electrons. The zero-order chi connectivity index (χ0) is 46.0. The molecule has 4 saturated heterocycles. The van der Waals surface area contributed by atoms with Gasteiger partial charge in [-0.2, -0.15) is 9.97 Å². The number of nitrogens with one attached hydrogen (secondary N) is 4. The van der Waals surface area contributed by atoms with Gasteiger partial charge < -0.3 is 49.7 Å². The smallest absolute Gasteiger partial charge is 0.262 e. The molecule has 0 amide bonds. The Morgan fingerprint density at radius 2 is 1.09 bits per heavy atom. The summed E-state index contributed by atoms with van der Waals surface area (Å²) in [6.07, 6.45) is 15.0. The Morgan fingerprint density at radius 3 is 1.48 bits per heavy atom. The van der Waals surface area contributed by atoms with Crippen LogP contribution in [0.2, 0.25) is 10.0 Å². The summed E-state index contributed by atoms with van der Waals surface area (Å²) in [6.45, 7) is 14.1. The van der Waals surface area contributed by atoms with Gasteiger partial charge in [0.1, 0.15) is 24.9 Å². The monoisotopic (exact) mass is 966 g/mol. The number of aromatic hydroxyl groups is 1. The molecule has 18 nitrogen and oxygen atoms in total. The fraction of sp³-hybridized carbons (Fsp3) is 0.488. The highest BCUT2D eigenvalue weighted by molar-refractivity contribution is 7.80. The van der Waals surface area contributed by atoms with Crippen LogP contribution in [0.1, 0.15) is 77.0 Å². The van der Waals surface area contributed by atoms with Crippen LogP contribution in [0, 0.1) is 13.1 Å². The van der Waals surface area contributed by atoms with Crippen LogP contribution in [0.25, 0.3) is 9.69 Å². The van der Waals surface area contributed by atoms with Crippen molar-refractivity contribution in [2.75, 3.05) is 17.7 Å². The molecule has 0 spiro atoms. The number of aromatic nitrogens is 4. The van der Waals surface area contributed by atoms with Crippen LogP contribution in [0.3, 0.4) is 0 Å². The molecule has 6 fully saturated rings. The molecule has 6 unspecified atom stereocenters. The average molecular weight is 968 g/mol. The van der Waals surface area contributed by atoms with E-state index in [4.69, 9.17) is 50.6 Å². The van der Waals surface area contributed by atoms with Gasteiger partial charge in [0.25, 0.3) is 11.8 Å². The first kappa shape index (κ1) is 48.0. The summed E-state index contributed by atoms with van der Waals surface area (Å²) in [4.78, 5) is 23.4. The van der Waals surface area contributed by atoms with E-state index in [1.54, 1.807) is 43.5 Å². The van der Waals surface area contributed by atoms with Crippen LogP contribution >= 0.6 is 23.2 Å². The Morgan fingerprint density at radius 1 is 0.677 bits per heavy atom. The molecule has 4 bridgehead atoms. The first-order chi connectivity index (χ1) is 31.4. The number of halogens is 2. The van der Waals surface area contributed by atoms with Crippen LogP contribution in [0.15, 0.2) is 49.1 Å². The maximum Gasteiger partial charge on any atom is 0.262 e. The first-order valence-corrected chi connectivity index (χ1v) is 24.2. The first-order valence-electron chi connectivity index (χ1n) is 21.2. The minimum absolute atomic E-state index is 0.0185. The van der Waals surface area contributed by atoms with Gasteiger partial charge in [0.2, 0.25) is 11.5 Å². The number of rotatable bonds is 11. The number of hydrogen-bond donors (Lipinski definition) is 5. The zero-order valence-electron chi connectivity index (χ0n) is 35.3. The van der Waals surface area contributed by atoms with Gasteiger partial charge in [-0.15, -0.1) is 0 Å². The summed E-state index contributed by atoms with van der Waals surface area (Å²) in [5, 5.41) is 24.6. The molecular weight excluding hydrogens is 920 g/mol. The van der Waals surface area contributed by atoms with Crippen LogP contribution in [-0.4, -0.2) is 96.6 Å². The van der Waals surface area contributed by atoms with Gasteiger partial charge in [0, 0.05) is 34.7 Å². The highest BCUT2D eigenvalue weighted by atomic mass is 35.5. The van der Waals surface area contributed by atoms with Crippen LogP contribution in [0.5, 0.6) is 23.3 Å². The lowest BCUT2D eigenvalue weighted by molar-refractivity contribution is 0.127. The van der Waals surface area contributed by atoms with Gasteiger partial charge in [-0.25, -0.2) is 19.7 Å². The Bertz CT molecular complexity index is 2390. The lowest BCUT2D eigenvalue weighted by Gasteiger charge is -2.29. The third-order valence-electron chi connectivity index (χ3n) is 11.4. The number of nitrogens with zero attached hydrogens (tertiary/aromatic N) is 6. The van der Waals surface area contributed by atoms with E-state index in [1.165, 1.54) is 38.3 Å². The second-order valence-corrected chi connectivity index (χ2v) is 19.5. The second-order valence-electron chi connectivity index (χ2n) is 16.4. The largest absolute Gasteiger partial charge is 0.772 e. The summed E-state index contributed by atoms with van der Waals surface area (Å²) < 4.78 is 56.7. The lowest BCUT2D eigenvalue weighted by Crippen LogP contribution is -2.42. The van der Waals surface area contributed by atoms with Crippen molar-refractivity contribution >= 4 is 79.7 Å². The number of fused-ring (bicyclic) bond motifs is 4. The van der Waals surface area contributed by atoms with Crippen molar-refractivity contribution in [3.05, 3.63) is 81.9 Å². The van der Waals surface area contributed by atoms with E-state index < -0.39 is 22.2 Å². The van der Waals surface area contributed by atoms with Gasteiger partial charge in [0.15, 0.2) is 23.0 Å². The van der Waals surface area contributed by atoms with E-state index in [2.05, 4.69) is 50.9 Å². The molecule has 5 N–H and O–H groups in total. The molecule has 2 saturated carbocycles. The molecule has 2 aliphatic carbocycles. The van der Waals surface area contributed by atoms with Gasteiger partial charge in [-0.05, 0) is 101 Å². The van der Waals surface area contributed by atoms with Gasteiger partial charge in [0.05, 0.1) is 41.7 Å².